The summed E-state index contributed by atoms with van der Waals surface area (Å²) in [4.78, 5) is 28.7. The standard InChI is InChI=1S/C18H16N2O4/c1-12-6-5-9-16-19-13(10-17(21)20(12)16)11-24-18(22)14-7-3-4-8-15(14)23-2/h3-10H,11H2,1-2H3. The maximum Gasteiger partial charge on any atom is 0.342 e. The van der Waals surface area contributed by atoms with Crippen LogP contribution in [0.3, 0.4) is 0 Å². The Labute approximate surface area is 138 Å². The van der Waals surface area contributed by atoms with Crippen LogP contribution in [0.1, 0.15) is 21.7 Å². The van der Waals surface area contributed by atoms with E-state index in [9.17, 15) is 9.59 Å². The lowest BCUT2D eigenvalue weighted by Gasteiger charge is -2.09. The average molecular weight is 324 g/mol. The Morgan fingerprint density at radius 3 is 2.75 bits per heavy atom. The molecule has 0 radical (unpaired) electrons. The van der Waals surface area contributed by atoms with E-state index in [-0.39, 0.29) is 12.2 Å². The smallest absolute Gasteiger partial charge is 0.342 e. The highest BCUT2D eigenvalue weighted by molar-refractivity contribution is 5.92. The van der Waals surface area contributed by atoms with Crippen LogP contribution < -0.4 is 10.3 Å². The Balaban J connectivity index is 1.83. The molecule has 122 valence electrons. The van der Waals surface area contributed by atoms with E-state index in [1.165, 1.54) is 17.6 Å². The van der Waals surface area contributed by atoms with Crippen molar-refractivity contribution in [2.45, 2.75) is 13.5 Å². The molecule has 0 aliphatic carbocycles. The van der Waals surface area contributed by atoms with Crippen LogP contribution in [0.5, 0.6) is 5.75 Å². The minimum Gasteiger partial charge on any atom is -0.496 e. The van der Waals surface area contributed by atoms with Crippen molar-refractivity contribution in [1.29, 1.82) is 0 Å². The van der Waals surface area contributed by atoms with E-state index < -0.39 is 5.97 Å². The molecule has 0 amide bonds. The first-order chi connectivity index (χ1) is 11.6. The molecule has 6 heteroatoms. The highest BCUT2D eigenvalue weighted by atomic mass is 16.5. The number of pyridine rings is 1. The molecule has 0 saturated carbocycles. The monoisotopic (exact) mass is 324 g/mol. The maximum atomic E-state index is 12.2. The fourth-order valence-electron chi connectivity index (χ4n) is 2.47. The van der Waals surface area contributed by atoms with Gasteiger partial charge in [-0.05, 0) is 31.2 Å². The first-order valence-electron chi connectivity index (χ1n) is 7.38. The second-order valence-corrected chi connectivity index (χ2v) is 5.22. The molecule has 0 N–H and O–H groups in total. The number of benzene rings is 1. The summed E-state index contributed by atoms with van der Waals surface area (Å²) < 4.78 is 11.9. The van der Waals surface area contributed by atoms with Gasteiger partial charge >= 0.3 is 5.97 Å². The number of fused-ring (bicyclic) bond motifs is 1. The number of rotatable bonds is 4. The van der Waals surface area contributed by atoms with Gasteiger partial charge in [-0.2, -0.15) is 0 Å². The summed E-state index contributed by atoms with van der Waals surface area (Å²) in [5.41, 5.74) is 1.83. The van der Waals surface area contributed by atoms with E-state index in [0.717, 1.165) is 5.69 Å². The van der Waals surface area contributed by atoms with Gasteiger partial charge in [-0.15, -0.1) is 0 Å². The number of carbonyl (C=O) groups is 1. The molecule has 0 saturated heterocycles. The molecule has 3 rings (SSSR count). The van der Waals surface area contributed by atoms with Crippen molar-refractivity contribution in [1.82, 2.24) is 9.38 Å². The minimum atomic E-state index is -0.529. The van der Waals surface area contributed by atoms with Gasteiger partial charge in [0.15, 0.2) is 0 Å². The van der Waals surface area contributed by atoms with Crippen LogP contribution in [0.25, 0.3) is 5.65 Å². The Morgan fingerprint density at radius 1 is 1.17 bits per heavy atom. The summed E-state index contributed by atoms with van der Waals surface area (Å²) in [6.07, 6.45) is 0. The van der Waals surface area contributed by atoms with Crippen molar-refractivity contribution in [2.75, 3.05) is 7.11 Å². The first kappa shape index (κ1) is 15.7. The van der Waals surface area contributed by atoms with Gasteiger partial charge in [0.25, 0.3) is 5.56 Å². The molecule has 0 spiro atoms. The molecule has 0 aliphatic rings. The van der Waals surface area contributed by atoms with Crippen LogP contribution in [0.4, 0.5) is 0 Å². The maximum absolute atomic E-state index is 12.2. The molecule has 2 aromatic heterocycles. The number of methoxy groups -OCH3 is 1. The molecule has 0 atom stereocenters. The molecule has 0 unspecified atom stereocenters. The van der Waals surface area contributed by atoms with Gasteiger partial charge in [0.05, 0.1) is 12.8 Å². The van der Waals surface area contributed by atoms with Crippen LogP contribution >= 0.6 is 0 Å². The van der Waals surface area contributed by atoms with Crippen molar-refractivity contribution in [2.24, 2.45) is 0 Å². The Morgan fingerprint density at radius 2 is 1.96 bits per heavy atom. The lowest BCUT2D eigenvalue weighted by atomic mass is 10.2. The summed E-state index contributed by atoms with van der Waals surface area (Å²) in [7, 11) is 1.49. The molecule has 6 nitrogen and oxygen atoms in total. The molecular formula is C18H16N2O4. The summed E-state index contributed by atoms with van der Waals surface area (Å²) in [6, 6.07) is 13.5. The van der Waals surface area contributed by atoms with Crippen LogP contribution in [-0.4, -0.2) is 22.5 Å². The predicted molar refractivity (Wildman–Crippen MR) is 88.3 cm³/mol. The lowest BCUT2D eigenvalue weighted by molar-refractivity contribution is 0.0464. The number of aromatic nitrogens is 2. The predicted octanol–water partition coefficient (Wildman–Crippen LogP) is 2.37. The van der Waals surface area contributed by atoms with E-state index >= 15 is 0 Å². The van der Waals surface area contributed by atoms with Gasteiger partial charge in [-0.25, -0.2) is 9.78 Å². The number of nitrogens with zero attached hydrogens (tertiary/aromatic N) is 2. The zero-order chi connectivity index (χ0) is 17.1. The van der Waals surface area contributed by atoms with Crippen molar-refractivity contribution >= 4 is 11.6 Å². The number of para-hydroxylation sites is 1. The Hall–Kier alpha value is -3.15. The van der Waals surface area contributed by atoms with Crippen molar-refractivity contribution in [3.63, 3.8) is 0 Å². The zero-order valence-electron chi connectivity index (χ0n) is 13.4. The topological polar surface area (TPSA) is 69.9 Å². The highest BCUT2D eigenvalue weighted by Gasteiger charge is 2.14. The first-order valence-corrected chi connectivity index (χ1v) is 7.38. The van der Waals surface area contributed by atoms with E-state index in [4.69, 9.17) is 9.47 Å². The van der Waals surface area contributed by atoms with Crippen molar-refractivity contribution in [3.05, 3.63) is 75.8 Å². The van der Waals surface area contributed by atoms with Gasteiger partial charge in [0.2, 0.25) is 0 Å². The fraction of sp³-hybridized carbons (Fsp3) is 0.167. The molecule has 1 aromatic carbocycles. The third kappa shape index (κ3) is 2.99. The number of esters is 1. The SMILES string of the molecule is COc1ccccc1C(=O)OCc1cc(=O)n2c(C)cccc2n1. The second-order valence-electron chi connectivity index (χ2n) is 5.22. The quantitative estimate of drug-likeness (QED) is 0.689. The third-order valence-corrected chi connectivity index (χ3v) is 3.61. The summed E-state index contributed by atoms with van der Waals surface area (Å²) in [6.45, 7) is 1.74. The molecular weight excluding hydrogens is 308 g/mol. The summed E-state index contributed by atoms with van der Waals surface area (Å²) >= 11 is 0. The van der Waals surface area contributed by atoms with Crippen LogP contribution in [0, 0.1) is 6.92 Å². The van der Waals surface area contributed by atoms with Gasteiger partial charge in [0, 0.05) is 11.8 Å². The van der Waals surface area contributed by atoms with Gasteiger partial charge in [-0.3, -0.25) is 9.20 Å². The second kappa shape index (κ2) is 6.54. The van der Waals surface area contributed by atoms with Crippen molar-refractivity contribution in [3.8, 4) is 5.75 Å². The third-order valence-electron chi connectivity index (χ3n) is 3.61. The average Bonchev–Trinajstić information content (AvgIpc) is 2.59. The fourth-order valence-corrected chi connectivity index (χ4v) is 2.47. The van der Waals surface area contributed by atoms with Crippen LogP contribution in [-0.2, 0) is 11.3 Å². The van der Waals surface area contributed by atoms with Gasteiger partial charge in [-0.1, -0.05) is 18.2 Å². The molecule has 0 bridgehead atoms. The number of ether oxygens (including phenoxy) is 2. The van der Waals surface area contributed by atoms with Crippen molar-refractivity contribution < 1.29 is 14.3 Å². The lowest BCUT2D eigenvalue weighted by Crippen LogP contribution is -2.18. The number of aryl methyl sites for hydroxylation is 1. The largest absolute Gasteiger partial charge is 0.496 e. The van der Waals surface area contributed by atoms with Gasteiger partial charge in [0.1, 0.15) is 23.6 Å². The molecule has 2 heterocycles. The van der Waals surface area contributed by atoms with Crippen LogP contribution in [0.2, 0.25) is 0 Å². The highest BCUT2D eigenvalue weighted by Crippen LogP contribution is 2.18. The van der Waals surface area contributed by atoms with E-state index in [1.54, 1.807) is 30.3 Å². The number of hydrogen-bond donors (Lipinski definition) is 0. The summed E-state index contributed by atoms with van der Waals surface area (Å²) in [5, 5.41) is 0. The van der Waals surface area contributed by atoms with E-state index in [1.807, 2.05) is 19.1 Å². The molecule has 0 aliphatic heterocycles. The zero-order valence-corrected chi connectivity index (χ0v) is 13.4. The number of hydrogen-bond acceptors (Lipinski definition) is 5. The molecule has 24 heavy (non-hydrogen) atoms. The van der Waals surface area contributed by atoms with E-state index in [2.05, 4.69) is 4.98 Å². The normalized spacial score (nSPS) is 10.6. The Kier molecular flexibility index (Phi) is 4.29. The Bertz CT molecular complexity index is 963. The minimum absolute atomic E-state index is 0.0867. The number of carbonyl (C=O) groups excluding carboxylic acids is 1. The summed E-state index contributed by atoms with van der Waals surface area (Å²) in [5.74, 6) is -0.0941. The molecule has 3 aromatic rings. The molecule has 0 fully saturated rings. The van der Waals surface area contributed by atoms with Gasteiger partial charge < -0.3 is 9.47 Å². The van der Waals surface area contributed by atoms with E-state index in [0.29, 0.717) is 22.7 Å². The van der Waals surface area contributed by atoms with Crippen LogP contribution in [0.15, 0.2) is 53.3 Å².